The number of hydrogen-bond donors (Lipinski definition) is 0. The van der Waals surface area contributed by atoms with Gasteiger partial charge < -0.3 is 9.47 Å². The monoisotopic (exact) mass is 670 g/mol. The summed E-state index contributed by atoms with van der Waals surface area (Å²) in [4.78, 5) is 27.4. The van der Waals surface area contributed by atoms with Crippen molar-refractivity contribution in [2.45, 2.75) is 26.2 Å². The van der Waals surface area contributed by atoms with Gasteiger partial charge in [-0.1, -0.05) is 133 Å². The number of amides is 2. The van der Waals surface area contributed by atoms with E-state index in [-0.39, 0.29) is 12.2 Å². The Morgan fingerprint density at radius 2 is 0.800 bits per heavy atom. The Morgan fingerprint density at radius 1 is 0.525 bits per heavy atom. The fourth-order valence-electron chi connectivity index (χ4n) is 3.86. The van der Waals surface area contributed by atoms with Gasteiger partial charge in [0.1, 0.15) is 4.61 Å². The zero-order chi connectivity index (χ0) is 28.4. The highest BCUT2D eigenvalue weighted by Crippen LogP contribution is 2.13. The molecule has 0 unspecified atom stereocenters. The van der Waals surface area contributed by atoms with Gasteiger partial charge in [0.2, 0.25) is 0 Å². The van der Waals surface area contributed by atoms with Crippen molar-refractivity contribution in [1.29, 1.82) is 0 Å². The summed E-state index contributed by atoms with van der Waals surface area (Å²) in [7, 11) is 0. The van der Waals surface area contributed by atoms with Crippen molar-refractivity contribution in [3.05, 3.63) is 144 Å². The minimum Gasteiger partial charge on any atom is -0.439 e. The molecule has 4 aromatic rings. The first-order valence-corrected chi connectivity index (χ1v) is 14.8. The second-order valence-corrected chi connectivity index (χ2v) is 9.53. The topological polar surface area (TPSA) is 59.1 Å². The molecule has 6 nitrogen and oxygen atoms in total. The molecule has 0 aliphatic rings. The molecule has 2 amide bonds. The number of benzene rings is 4. The highest BCUT2D eigenvalue weighted by molar-refractivity contribution is 14.1. The highest BCUT2D eigenvalue weighted by atomic mass is 127. The predicted molar refractivity (Wildman–Crippen MR) is 167 cm³/mol. The van der Waals surface area contributed by atoms with Gasteiger partial charge in [0.15, 0.2) is 6.07 Å². The van der Waals surface area contributed by atoms with Crippen LogP contribution in [0.1, 0.15) is 22.3 Å². The van der Waals surface area contributed by atoms with Crippen LogP contribution in [0.25, 0.3) is 0 Å². The SMILES string of the molecule is O=C(OCCl)N(Cc1ccccc1)Cc1ccccc1.O=C(OCI)N(Cc1ccccc1)Cc1ccccc1. The van der Waals surface area contributed by atoms with Crippen LogP contribution in [0, 0.1) is 0 Å². The summed E-state index contributed by atoms with van der Waals surface area (Å²) in [5.41, 5.74) is 4.28. The molecule has 40 heavy (non-hydrogen) atoms. The number of carbonyl (C=O) groups is 2. The van der Waals surface area contributed by atoms with Gasteiger partial charge in [-0.25, -0.2) is 9.59 Å². The first-order valence-electron chi connectivity index (χ1n) is 12.7. The van der Waals surface area contributed by atoms with E-state index in [1.54, 1.807) is 9.80 Å². The fourth-order valence-corrected chi connectivity index (χ4v) is 4.22. The van der Waals surface area contributed by atoms with Gasteiger partial charge in [-0.3, -0.25) is 9.80 Å². The Hall–Kier alpha value is -3.56. The normalized spacial score (nSPS) is 10.1. The second kappa shape index (κ2) is 17.9. The van der Waals surface area contributed by atoms with Crippen molar-refractivity contribution in [2.24, 2.45) is 0 Å². The summed E-state index contributed by atoms with van der Waals surface area (Å²) in [5, 5.41) is 0. The molecular formula is C32H32ClIN2O4. The predicted octanol–water partition coefficient (Wildman–Crippen LogP) is 8.24. The van der Waals surface area contributed by atoms with Gasteiger partial charge in [0.25, 0.3) is 0 Å². The fraction of sp³-hybridized carbons (Fsp3) is 0.188. The van der Waals surface area contributed by atoms with Crippen molar-refractivity contribution in [1.82, 2.24) is 9.80 Å². The lowest BCUT2D eigenvalue weighted by Gasteiger charge is -2.22. The molecule has 208 valence electrons. The average molecular weight is 671 g/mol. The summed E-state index contributed by atoms with van der Waals surface area (Å²) in [6, 6.07) is 39.3. The van der Waals surface area contributed by atoms with Crippen molar-refractivity contribution in [2.75, 3.05) is 10.7 Å². The minimum absolute atomic E-state index is 0.140. The molecule has 0 aromatic heterocycles. The Labute approximate surface area is 254 Å². The number of carbonyl (C=O) groups excluding carboxylic acids is 2. The zero-order valence-electron chi connectivity index (χ0n) is 22.1. The molecule has 0 atom stereocenters. The van der Waals surface area contributed by atoms with Crippen LogP contribution in [-0.2, 0) is 35.7 Å². The van der Waals surface area contributed by atoms with Crippen molar-refractivity contribution >= 4 is 46.4 Å². The third-order valence-corrected chi connectivity index (χ3v) is 6.16. The van der Waals surface area contributed by atoms with Crippen LogP contribution in [0.5, 0.6) is 0 Å². The number of halogens is 2. The van der Waals surface area contributed by atoms with E-state index in [2.05, 4.69) is 0 Å². The average Bonchev–Trinajstić information content (AvgIpc) is 2.99. The third kappa shape index (κ3) is 11.3. The number of alkyl halides is 2. The van der Waals surface area contributed by atoms with E-state index in [0.29, 0.717) is 30.8 Å². The van der Waals surface area contributed by atoms with Gasteiger partial charge in [-0.05, 0) is 44.8 Å². The highest BCUT2D eigenvalue weighted by Gasteiger charge is 2.16. The summed E-state index contributed by atoms with van der Waals surface area (Å²) in [6.45, 7) is 2.08. The standard InChI is InChI=1S/C16H16ClNO2.C16H16INO2/c2*17-13-20-16(19)18(11-14-7-3-1-4-8-14)12-15-9-5-2-6-10-15/h2*1-10H,11-13H2. The molecule has 0 aliphatic heterocycles. The number of rotatable bonds is 10. The molecule has 0 saturated heterocycles. The molecule has 8 heteroatoms. The molecule has 0 saturated carbocycles. The lowest BCUT2D eigenvalue weighted by Crippen LogP contribution is -2.30. The number of hydrogen-bond acceptors (Lipinski definition) is 4. The second-order valence-electron chi connectivity index (χ2n) is 8.69. The molecule has 0 aliphatic carbocycles. The summed E-state index contributed by atoms with van der Waals surface area (Å²) >= 11 is 7.51. The van der Waals surface area contributed by atoms with Crippen LogP contribution in [-0.4, -0.2) is 32.7 Å². The van der Waals surface area contributed by atoms with E-state index in [1.165, 1.54) is 0 Å². The first kappa shape index (κ1) is 31.0. The molecule has 4 rings (SSSR count). The van der Waals surface area contributed by atoms with Gasteiger partial charge in [0.05, 0.1) is 0 Å². The molecule has 4 aromatic carbocycles. The maximum absolute atomic E-state index is 12.1. The van der Waals surface area contributed by atoms with Crippen molar-refractivity contribution in [3.8, 4) is 0 Å². The van der Waals surface area contributed by atoms with E-state index in [0.717, 1.165) is 22.3 Å². The maximum atomic E-state index is 12.1. The molecule has 0 bridgehead atoms. The van der Waals surface area contributed by atoms with E-state index in [9.17, 15) is 9.59 Å². The summed E-state index contributed by atoms with van der Waals surface area (Å²) in [5.74, 6) is 0. The van der Waals surface area contributed by atoms with Crippen molar-refractivity contribution < 1.29 is 19.1 Å². The van der Waals surface area contributed by atoms with Gasteiger partial charge in [-0.15, -0.1) is 0 Å². The Bertz CT molecular complexity index is 1080. The van der Waals surface area contributed by atoms with E-state index < -0.39 is 6.09 Å². The molecular weight excluding hydrogens is 639 g/mol. The van der Waals surface area contributed by atoms with Crippen LogP contribution in [0.2, 0.25) is 0 Å². The van der Waals surface area contributed by atoms with Crippen LogP contribution in [0.3, 0.4) is 0 Å². The molecule has 0 fully saturated rings. The van der Waals surface area contributed by atoms with Gasteiger partial charge >= 0.3 is 12.2 Å². The molecule has 0 N–H and O–H groups in total. The first-order chi connectivity index (χ1) is 19.6. The molecule has 0 radical (unpaired) electrons. The van der Waals surface area contributed by atoms with Crippen LogP contribution in [0.15, 0.2) is 121 Å². The quantitative estimate of drug-likeness (QED) is 0.126. The van der Waals surface area contributed by atoms with Gasteiger partial charge in [-0.2, -0.15) is 0 Å². The molecule has 0 spiro atoms. The van der Waals surface area contributed by atoms with Crippen molar-refractivity contribution in [3.63, 3.8) is 0 Å². The third-order valence-electron chi connectivity index (χ3n) is 5.74. The van der Waals surface area contributed by atoms with Crippen LogP contribution >= 0.6 is 34.2 Å². The Kier molecular flexibility index (Phi) is 13.9. The number of ether oxygens (including phenoxy) is 2. The van der Waals surface area contributed by atoms with Gasteiger partial charge in [0, 0.05) is 26.2 Å². The van der Waals surface area contributed by atoms with E-state index in [4.69, 9.17) is 21.1 Å². The van der Waals surface area contributed by atoms with E-state index in [1.807, 2.05) is 144 Å². The molecule has 0 heterocycles. The summed E-state index contributed by atoms with van der Waals surface area (Å²) < 4.78 is 10.4. The zero-order valence-corrected chi connectivity index (χ0v) is 25.0. The number of nitrogens with zero attached hydrogens (tertiary/aromatic N) is 2. The summed E-state index contributed by atoms with van der Waals surface area (Å²) in [6.07, 6.45) is -0.695. The largest absolute Gasteiger partial charge is 0.439 e. The van der Waals surface area contributed by atoms with Crippen LogP contribution < -0.4 is 0 Å². The Balaban J connectivity index is 0.000000220. The lowest BCUT2D eigenvalue weighted by molar-refractivity contribution is 0.112. The van der Waals surface area contributed by atoms with E-state index >= 15 is 0 Å². The lowest BCUT2D eigenvalue weighted by atomic mass is 10.2. The minimum atomic E-state index is -0.410. The van der Waals surface area contributed by atoms with Crippen LogP contribution in [0.4, 0.5) is 9.59 Å². The Morgan fingerprint density at radius 3 is 1.05 bits per heavy atom. The smallest absolute Gasteiger partial charge is 0.411 e. The maximum Gasteiger partial charge on any atom is 0.411 e.